The van der Waals surface area contributed by atoms with Crippen LogP contribution in [0.3, 0.4) is 0 Å². The van der Waals surface area contributed by atoms with Gasteiger partial charge in [-0.15, -0.1) is 0 Å². The molecule has 2 saturated heterocycles. The molecule has 2 aliphatic carbocycles. The summed E-state index contributed by atoms with van der Waals surface area (Å²) in [5.74, 6) is -1.34. The van der Waals surface area contributed by atoms with Crippen molar-refractivity contribution in [1.29, 1.82) is 0 Å². The molecular formula is C19H24O7. The second-order valence-electron chi connectivity index (χ2n) is 9.01. The summed E-state index contributed by atoms with van der Waals surface area (Å²) in [4.78, 5) is 25.0. The van der Waals surface area contributed by atoms with Crippen molar-refractivity contribution < 1.29 is 34.0 Å². The van der Waals surface area contributed by atoms with Crippen LogP contribution in [0.5, 0.6) is 0 Å². The smallest absolute Gasteiger partial charge is 0.331 e. The Morgan fingerprint density at radius 1 is 1.31 bits per heavy atom. The molecule has 0 radical (unpaired) electrons. The van der Waals surface area contributed by atoms with Crippen molar-refractivity contribution in [1.82, 2.24) is 0 Å². The van der Waals surface area contributed by atoms with Crippen LogP contribution >= 0.6 is 0 Å². The Morgan fingerprint density at radius 2 is 2.04 bits per heavy atom. The lowest BCUT2D eigenvalue weighted by atomic mass is 9.46. The molecule has 142 valence electrons. The van der Waals surface area contributed by atoms with Gasteiger partial charge in [0.1, 0.15) is 18.3 Å². The van der Waals surface area contributed by atoms with E-state index in [0.717, 1.165) is 0 Å². The number of hydrogen-bond donors (Lipinski definition) is 2. The van der Waals surface area contributed by atoms with Crippen LogP contribution in [0.15, 0.2) is 11.6 Å². The number of fused-ring (bicyclic) bond motifs is 2. The first-order chi connectivity index (χ1) is 12.2. The minimum absolute atomic E-state index is 0.159. The number of hydrogen-bond acceptors (Lipinski definition) is 7. The van der Waals surface area contributed by atoms with Gasteiger partial charge in [-0.3, -0.25) is 4.79 Å². The fourth-order valence-electron chi connectivity index (χ4n) is 6.38. The van der Waals surface area contributed by atoms with E-state index < -0.39 is 46.8 Å². The van der Waals surface area contributed by atoms with E-state index in [2.05, 4.69) is 0 Å². The Labute approximate surface area is 151 Å². The molecule has 2 saturated carbocycles. The first-order valence-corrected chi connectivity index (χ1v) is 9.32. The fraction of sp³-hybridized carbons (Fsp3) is 0.789. The number of aliphatic hydroxyl groups is 2. The Hall–Kier alpha value is -1.44. The van der Waals surface area contributed by atoms with Gasteiger partial charge in [-0.05, 0) is 25.3 Å². The van der Waals surface area contributed by atoms with Crippen LogP contribution in [0.25, 0.3) is 0 Å². The van der Waals surface area contributed by atoms with E-state index in [1.807, 2.05) is 13.8 Å². The summed E-state index contributed by atoms with van der Waals surface area (Å²) in [6, 6.07) is 0. The molecule has 0 aromatic rings. The van der Waals surface area contributed by atoms with Crippen molar-refractivity contribution in [2.24, 2.45) is 22.7 Å². The summed E-state index contributed by atoms with van der Waals surface area (Å²) < 4.78 is 17.5. The minimum Gasteiger partial charge on any atom is -0.459 e. The van der Waals surface area contributed by atoms with E-state index in [-0.39, 0.29) is 24.4 Å². The van der Waals surface area contributed by atoms with E-state index in [4.69, 9.17) is 14.2 Å². The van der Waals surface area contributed by atoms with Crippen LogP contribution in [-0.4, -0.2) is 58.8 Å². The first-order valence-electron chi connectivity index (χ1n) is 9.32. The number of esters is 2. The molecule has 5 rings (SSSR count). The maximum absolute atomic E-state index is 12.7. The van der Waals surface area contributed by atoms with Gasteiger partial charge in [-0.1, -0.05) is 13.8 Å². The van der Waals surface area contributed by atoms with Crippen molar-refractivity contribution in [2.75, 3.05) is 6.61 Å². The number of ether oxygens (including phenoxy) is 3. The SMILES string of the molecule is CC(CO)C1OC(=O)C=C2C3(C)C(O)CCC4(C)C(=O)OC(C43)C3OC213. The zero-order valence-corrected chi connectivity index (χ0v) is 15.1. The molecule has 9 unspecified atom stereocenters. The van der Waals surface area contributed by atoms with E-state index >= 15 is 0 Å². The standard InChI is InChI=1S/C19H24O7/c1-8(7-20)14-19-9(6-11(22)24-14)18(3)10(21)4-5-17(2)13(18)12(15(19)26-19)25-16(17)23/h6,8,10,12-15,20-21H,4-5,7H2,1-3H3. The summed E-state index contributed by atoms with van der Waals surface area (Å²) >= 11 is 0. The lowest BCUT2D eigenvalue weighted by molar-refractivity contribution is -0.158. The monoisotopic (exact) mass is 364 g/mol. The first kappa shape index (κ1) is 16.7. The Bertz CT molecular complexity index is 746. The Morgan fingerprint density at radius 3 is 2.73 bits per heavy atom. The maximum Gasteiger partial charge on any atom is 0.331 e. The van der Waals surface area contributed by atoms with Crippen molar-refractivity contribution in [3.63, 3.8) is 0 Å². The van der Waals surface area contributed by atoms with E-state index in [0.29, 0.717) is 18.4 Å². The van der Waals surface area contributed by atoms with Gasteiger partial charge in [0.25, 0.3) is 0 Å². The van der Waals surface area contributed by atoms with Crippen LogP contribution < -0.4 is 0 Å². The normalized spacial score (nSPS) is 55.0. The van der Waals surface area contributed by atoms with Crippen molar-refractivity contribution >= 4 is 11.9 Å². The molecule has 7 nitrogen and oxygen atoms in total. The van der Waals surface area contributed by atoms with Gasteiger partial charge in [0.15, 0.2) is 5.60 Å². The van der Waals surface area contributed by atoms with Crippen molar-refractivity contribution in [3.8, 4) is 0 Å². The van der Waals surface area contributed by atoms with Crippen molar-refractivity contribution in [3.05, 3.63) is 11.6 Å². The molecule has 7 heteroatoms. The predicted octanol–water partition coefficient (Wildman–Crippen LogP) is 0.327. The quantitative estimate of drug-likeness (QED) is 0.537. The van der Waals surface area contributed by atoms with Gasteiger partial charge in [-0.2, -0.15) is 0 Å². The molecule has 0 bridgehead atoms. The van der Waals surface area contributed by atoms with E-state index in [1.54, 1.807) is 6.92 Å². The van der Waals surface area contributed by atoms with Crippen LogP contribution in [-0.2, 0) is 23.8 Å². The van der Waals surface area contributed by atoms with Gasteiger partial charge in [0, 0.05) is 29.9 Å². The third-order valence-electron chi connectivity index (χ3n) is 7.72. The van der Waals surface area contributed by atoms with Gasteiger partial charge in [0.2, 0.25) is 0 Å². The summed E-state index contributed by atoms with van der Waals surface area (Å²) in [7, 11) is 0. The minimum atomic E-state index is -0.921. The average Bonchev–Trinajstić information content (AvgIpc) is 3.27. The second-order valence-corrected chi connectivity index (χ2v) is 9.01. The third kappa shape index (κ3) is 1.58. The summed E-state index contributed by atoms with van der Waals surface area (Å²) in [6.07, 6.45) is 0.194. The molecule has 2 N–H and O–H groups in total. The summed E-state index contributed by atoms with van der Waals surface area (Å²) in [5, 5.41) is 20.7. The Kier molecular flexibility index (Phi) is 3.02. The lowest BCUT2D eigenvalue weighted by Gasteiger charge is -2.56. The molecule has 4 fully saturated rings. The van der Waals surface area contributed by atoms with Crippen LogP contribution in [0.4, 0.5) is 0 Å². The third-order valence-corrected chi connectivity index (χ3v) is 7.72. The number of epoxide rings is 1. The number of carbonyl (C=O) groups excluding carboxylic acids is 2. The Balaban J connectivity index is 1.72. The molecule has 3 aliphatic heterocycles. The highest BCUT2D eigenvalue weighted by atomic mass is 16.7. The molecule has 5 aliphatic rings. The average molecular weight is 364 g/mol. The number of aliphatic hydroxyl groups excluding tert-OH is 2. The molecule has 26 heavy (non-hydrogen) atoms. The number of cyclic esters (lactones) is 1. The van der Waals surface area contributed by atoms with Gasteiger partial charge < -0.3 is 24.4 Å². The summed E-state index contributed by atoms with van der Waals surface area (Å²) in [5.41, 5.74) is -1.73. The van der Waals surface area contributed by atoms with Gasteiger partial charge >= 0.3 is 11.9 Å². The van der Waals surface area contributed by atoms with Crippen LogP contribution in [0.2, 0.25) is 0 Å². The molecule has 3 heterocycles. The fourth-order valence-corrected chi connectivity index (χ4v) is 6.38. The number of rotatable bonds is 2. The molecule has 9 atom stereocenters. The lowest BCUT2D eigenvalue weighted by Crippen LogP contribution is -2.64. The van der Waals surface area contributed by atoms with Crippen LogP contribution in [0.1, 0.15) is 33.6 Å². The highest BCUT2D eigenvalue weighted by Crippen LogP contribution is 2.72. The molecular weight excluding hydrogens is 340 g/mol. The zero-order chi connectivity index (χ0) is 18.6. The van der Waals surface area contributed by atoms with Gasteiger partial charge in [-0.25, -0.2) is 4.79 Å². The van der Waals surface area contributed by atoms with E-state index in [9.17, 15) is 19.8 Å². The van der Waals surface area contributed by atoms with E-state index in [1.165, 1.54) is 6.08 Å². The zero-order valence-electron chi connectivity index (χ0n) is 15.1. The molecule has 0 amide bonds. The van der Waals surface area contributed by atoms with Crippen LogP contribution in [0, 0.1) is 22.7 Å². The molecule has 1 spiro atoms. The highest BCUT2D eigenvalue weighted by molar-refractivity contribution is 5.87. The topological polar surface area (TPSA) is 106 Å². The molecule has 0 aromatic heterocycles. The van der Waals surface area contributed by atoms with Gasteiger partial charge in [0.05, 0.1) is 11.5 Å². The largest absolute Gasteiger partial charge is 0.459 e. The molecule has 0 aromatic carbocycles. The summed E-state index contributed by atoms with van der Waals surface area (Å²) in [6.45, 7) is 5.45. The maximum atomic E-state index is 12.7. The predicted molar refractivity (Wildman–Crippen MR) is 86.6 cm³/mol. The second kappa shape index (κ2) is 4.69. The van der Waals surface area contributed by atoms with Crippen molar-refractivity contribution in [2.45, 2.75) is 63.6 Å². The number of carbonyl (C=O) groups is 2. The highest BCUT2D eigenvalue weighted by Gasteiger charge is 2.84.